The maximum atomic E-state index is 3.82. The zero-order chi connectivity index (χ0) is 13.9. The first kappa shape index (κ1) is 14.0. The Balaban J connectivity index is 1.82. The van der Waals surface area contributed by atoms with Gasteiger partial charge in [-0.3, -0.25) is 0 Å². The number of nitrogens with one attached hydrogen (secondary N) is 2. The van der Waals surface area contributed by atoms with Crippen molar-refractivity contribution >= 4 is 22.7 Å². The van der Waals surface area contributed by atoms with Crippen LogP contribution in [0.15, 0.2) is 24.3 Å². The van der Waals surface area contributed by atoms with Crippen molar-refractivity contribution in [2.45, 2.75) is 45.2 Å². The second-order valence-electron chi connectivity index (χ2n) is 5.73. The fourth-order valence-electron chi connectivity index (χ4n) is 3.27. The smallest absolute Gasteiger partial charge is 0.0478 e. The van der Waals surface area contributed by atoms with Crippen LogP contribution < -0.4 is 5.32 Å². The van der Waals surface area contributed by atoms with Crippen LogP contribution in [-0.2, 0) is 6.42 Å². The highest BCUT2D eigenvalue weighted by Crippen LogP contribution is 2.34. The molecule has 2 aromatic rings. The van der Waals surface area contributed by atoms with Gasteiger partial charge in [-0.2, -0.15) is 11.8 Å². The van der Waals surface area contributed by atoms with Gasteiger partial charge in [0.2, 0.25) is 0 Å². The van der Waals surface area contributed by atoms with E-state index in [1.165, 1.54) is 47.4 Å². The number of fused-ring (bicyclic) bond motifs is 3. The molecule has 0 aliphatic heterocycles. The molecule has 2 nitrogen and oxygen atoms in total. The van der Waals surface area contributed by atoms with E-state index in [0.717, 1.165) is 0 Å². The van der Waals surface area contributed by atoms with Gasteiger partial charge < -0.3 is 10.3 Å². The van der Waals surface area contributed by atoms with Crippen LogP contribution in [-0.4, -0.2) is 22.5 Å². The van der Waals surface area contributed by atoms with Crippen LogP contribution in [0.4, 0.5) is 0 Å². The van der Waals surface area contributed by atoms with E-state index in [2.05, 4.69) is 48.4 Å². The van der Waals surface area contributed by atoms with E-state index in [9.17, 15) is 0 Å². The summed E-state index contributed by atoms with van der Waals surface area (Å²) in [6, 6.07) is 9.78. The lowest BCUT2D eigenvalue weighted by molar-refractivity contribution is 0.420. The summed E-state index contributed by atoms with van der Waals surface area (Å²) in [5.41, 5.74) is 4.27. The van der Waals surface area contributed by atoms with E-state index < -0.39 is 0 Å². The van der Waals surface area contributed by atoms with Gasteiger partial charge in [0.1, 0.15) is 0 Å². The molecule has 0 radical (unpaired) electrons. The number of aryl methyl sites for hydroxylation is 1. The van der Waals surface area contributed by atoms with Crippen LogP contribution in [0.2, 0.25) is 0 Å². The lowest BCUT2D eigenvalue weighted by atomic mass is 9.91. The van der Waals surface area contributed by atoms with E-state index in [1.807, 2.05) is 11.8 Å². The highest BCUT2D eigenvalue weighted by Gasteiger charge is 2.24. The van der Waals surface area contributed by atoms with Gasteiger partial charge in [0.05, 0.1) is 0 Å². The average molecular weight is 288 g/mol. The maximum Gasteiger partial charge on any atom is 0.0478 e. The Morgan fingerprint density at radius 2 is 2.25 bits per heavy atom. The molecule has 0 amide bonds. The average Bonchev–Trinajstić information content (AvgIpc) is 2.85. The van der Waals surface area contributed by atoms with Gasteiger partial charge in [-0.05, 0) is 43.6 Å². The molecule has 108 valence electrons. The quantitative estimate of drug-likeness (QED) is 0.859. The van der Waals surface area contributed by atoms with Crippen molar-refractivity contribution < 1.29 is 0 Å². The second kappa shape index (κ2) is 6.23. The number of hydrogen-bond acceptors (Lipinski definition) is 2. The number of para-hydroxylation sites is 1. The SMILES string of the molecule is CCSCC(C)NC1CCCc2c1[nH]c1ccccc21. The van der Waals surface area contributed by atoms with Crippen LogP contribution >= 0.6 is 11.8 Å². The Morgan fingerprint density at radius 3 is 3.10 bits per heavy atom. The van der Waals surface area contributed by atoms with Gasteiger partial charge in [-0.1, -0.05) is 25.1 Å². The zero-order valence-electron chi connectivity index (χ0n) is 12.4. The minimum absolute atomic E-state index is 0.499. The minimum Gasteiger partial charge on any atom is -0.357 e. The first-order valence-electron chi connectivity index (χ1n) is 7.73. The molecule has 0 fully saturated rings. The Morgan fingerprint density at radius 1 is 1.40 bits per heavy atom. The summed E-state index contributed by atoms with van der Waals surface area (Å²) >= 11 is 2.02. The number of aromatic amines is 1. The van der Waals surface area contributed by atoms with Crippen molar-refractivity contribution in [3.63, 3.8) is 0 Å². The monoisotopic (exact) mass is 288 g/mol. The van der Waals surface area contributed by atoms with Crippen molar-refractivity contribution in [1.29, 1.82) is 0 Å². The molecule has 1 aliphatic rings. The van der Waals surface area contributed by atoms with E-state index in [4.69, 9.17) is 0 Å². The van der Waals surface area contributed by atoms with Crippen LogP contribution in [0.3, 0.4) is 0 Å². The van der Waals surface area contributed by atoms with E-state index >= 15 is 0 Å². The highest BCUT2D eigenvalue weighted by atomic mass is 32.2. The summed E-state index contributed by atoms with van der Waals surface area (Å²) in [7, 11) is 0. The van der Waals surface area contributed by atoms with Crippen LogP contribution in [0.5, 0.6) is 0 Å². The number of benzene rings is 1. The lowest BCUT2D eigenvalue weighted by Crippen LogP contribution is -2.34. The summed E-state index contributed by atoms with van der Waals surface area (Å²) in [4.78, 5) is 3.66. The fourth-order valence-corrected chi connectivity index (χ4v) is 3.95. The largest absolute Gasteiger partial charge is 0.357 e. The number of thioether (sulfide) groups is 1. The third kappa shape index (κ3) is 2.75. The first-order valence-corrected chi connectivity index (χ1v) is 8.88. The molecule has 1 aromatic heterocycles. The summed E-state index contributed by atoms with van der Waals surface area (Å²) < 4.78 is 0. The topological polar surface area (TPSA) is 27.8 Å². The van der Waals surface area contributed by atoms with Crippen LogP contribution in [0.1, 0.15) is 44.0 Å². The molecule has 1 aromatic carbocycles. The predicted octanol–water partition coefficient (Wildman–Crippen LogP) is 4.28. The molecule has 1 heterocycles. The Kier molecular flexibility index (Phi) is 4.37. The van der Waals surface area contributed by atoms with Crippen molar-refractivity contribution in [3.05, 3.63) is 35.5 Å². The standard InChI is InChI=1S/C17H24N2S/c1-3-20-11-12(2)18-16-10-6-8-14-13-7-4-5-9-15(13)19-17(14)16/h4-5,7,9,12,16,18-19H,3,6,8,10-11H2,1-2H3. The third-order valence-corrected chi connectivity index (χ3v) is 5.32. The van der Waals surface area contributed by atoms with E-state index in [0.29, 0.717) is 12.1 Å². The molecule has 2 atom stereocenters. The van der Waals surface area contributed by atoms with Gasteiger partial charge >= 0.3 is 0 Å². The summed E-state index contributed by atoms with van der Waals surface area (Å²) in [6.07, 6.45) is 3.76. The zero-order valence-corrected chi connectivity index (χ0v) is 13.2. The molecule has 0 saturated heterocycles. The van der Waals surface area contributed by atoms with Crippen molar-refractivity contribution in [2.75, 3.05) is 11.5 Å². The van der Waals surface area contributed by atoms with Gasteiger partial charge in [-0.15, -0.1) is 0 Å². The number of rotatable bonds is 5. The second-order valence-corrected chi connectivity index (χ2v) is 7.05. The Hall–Kier alpha value is -0.930. The van der Waals surface area contributed by atoms with Crippen LogP contribution in [0, 0.1) is 0 Å². The molecule has 20 heavy (non-hydrogen) atoms. The normalized spacial score (nSPS) is 20.0. The summed E-state index contributed by atoms with van der Waals surface area (Å²) in [6.45, 7) is 4.54. The van der Waals surface area contributed by atoms with Crippen molar-refractivity contribution in [3.8, 4) is 0 Å². The van der Waals surface area contributed by atoms with E-state index in [1.54, 1.807) is 5.56 Å². The Labute approximate surface area is 125 Å². The number of H-pyrrole nitrogens is 1. The summed E-state index contributed by atoms with van der Waals surface area (Å²) in [5, 5.41) is 5.24. The molecular formula is C17H24N2S. The van der Waals surface area contributed by atoms with Gasteiger partial charge in [0.25, 0.3) is 0 Å². The molecule has 0 spiro atoms. The molecule has 0 saturated carbocycles. The van der Waals surface area contributed by atoms with Gasteiger partial charge in [-0.25, -0.2) is 0 Å². The first-order chi connectivity index (χ1) is 9.79. The van der Waals surface area contributed by atoms with Crippen LogP contribution in [0.25, 0.3) is 10.9 Å². The number of hydrogen-bond donors (Lipinski definition) is 2. The fraction of sp³-hybridized carbons (Fsp3) is 0.529. The van der Waals surface area contributed by atoms with E-state index in [-0.39, 0.29) is 0 Å². The van der Waals surface area contributed by atoms with Gasteiger partial charge in [0, 0.05) is 34.4 Å². The Bertz CT molecular complexity index is 575. The molecule has 3 rings (SSSR count). The van der Waals surface area contributed by atoms with Crippen molar-refractivity contribution in [2.24, 2.45) is 0 Å². The van der Waals surface area contributed by atoms with Crippen molar-refractivity contribution in [1.82, 2.24) is 10.3 Å². The molecule has 2 unspecified atom stereocenters. The molecule has 2 N–H and O–H groups in total. The third-order valence-electron chi connectivity index (χ3n) is 4.17. The lowest BCUT2D eigenvalue weighted by Gasteiger charge is -2.27. The molecule has 3 heteroatoms. The minimum atomic E-state index is 0.499. The molecule has 0 bridgehead atoms. The summed E-state index contributed by atoms with van der Waals surface area (Å²) in [5.74, 6) is 2.40. The van der Waals surface area contributed by atoms with Gasteiger partial charge in [0.15, 0.2) is 0 Å². The highest BCUT2D eigenvalue weighted by molar-refractivity contribution is 7.99. The maximum absolute atomic E-state index is 3.82. The predicted molar refractivity (Wildman–Crippen MR) is 89.6 cm³/mol. The molecule has 1 aliphatic carbocycles. The number of aromatic nitrogens is 1. The molecular weight excluding hydrogens is 264 g/mol.